The molecule has 6 nitrogen and oxygen atoms in total. The minimum Gasteiger partial charge on any atom is -0.491 e. The molecule has 0 bridgehead atoms. The molecule has 0 saturated carbocycles. The van der Waals surface area contributed by atoms with Crippen molar-refractivity contribution in [2.24, 2.45) is 5.41 Å². The van der Waals surface area contributed by atoms with Crippen molar-refractivity contribution in [2.75, 3.05) is 6.61 Å². The summed E-state index contributed by atoms with van der Waals surface area (Å²) >= 11 is 0. The van der Waals surface area contributed by atoms with E-state index >= 15 is 0 Å². The normalized spacial score (nSPS) is 16.8. The summed E-state index contributed by atoms with van der Waals surface area (Å²) in [4.78, 5) is 26.0. The molecule has 2 heterocycles. The first-order valence-corrected chi connectivity index (χ1v) is 10.8. The molecule has 1 aliphatic carbocycles. The molecule has 0 aliphatic heterocycles. The molecule has 1 aromatic carbocycles. The maximum absolute atomic E-state index is 13.6. The van der Waals surface area contributed by atoms with Crippen LogP contribution in [-0.4, -0.2) is 27.5 Å². The Balaban J connectivity index is 1.39. The van der Waals surface area contributed by atoms with E-state index in [-0.39, 0.29) is 29.7 Å². The number of para-hydroxylation sites is 1. The zero-order valence-corrected chi connectivity index (χ0v) is 18.3. The van der Waals surface area contributed by atoms with Crippen molar-refractivity contribution in [3.63, 3.8) is 0 Å². The molecule has 166 valence electrons. The monoisotopic (exact) mass is 434 g/mol. The van der Waals surface area contributed by atoms with Crippen molar-refractivity contribution < 1.29 is 13.9 Å². The largest absolute Gasteiger partial charge is 0.491 e. The van der Waals surface area contributed by atoms with Gasteiger partial charge < -0.3 is 10.1 Å². The number of hydrogen-bond acceptors (Lipinski definition) is 5. The van der Waals surface area contributed by atoms with Crippen LogP contribution in [0.2, 0.25) is 0 Å². The highest BCUT2D eigenvalue weighted by atomic mass is 19.1. The van der Waals surface area contributed by atoms with E-state index in [1.54, 1.807) is 30.6 Å². The number of carbonyl (C=O) groups excluding carboxylic acids is 1. The first-order valence-electron chi connectivity index (χ1n) is 10.8. The van der Waals surface area contributed by atoms with Crippen molar-refractivity contribution in [1.29, 1.82) is 0 Å². The molecule has 1 amide bonds. The molecule has 32 heavy (non-hydrogen) atoms. The number of nitrogens with one attached hydrogen (secondary N) is 1. The topological polar surface area (TPSA) is 77.0 Å². The number of benzene rings is 1. The van der Waals surface area contributed by atoms with Gasteiger partial charge in [-0.15, -0.1) is 0 Å². The quantitative estimate of drug-likeness (QED) is 0.547. The number of nitrogens with zero attached hydrogens (tertiary/aromatic N) is 3. The molecule has 7 heteroatoms. The van der Waals surface area contributed by atoms with Crippen LogP contribution in [0.25, 0.3) is 11.4 Å². The Kier molecular flexibility index (Phi) is 6.44. The van der Waals surface area contributed by atoms with E-state index in [9.17, 15) is 9.18 Å². The van der Waals surface area contributed by atoms with Crippen LogP contribution in [0, 0.1) is 11.2 Å². The molecule has 1 aliphatic rings. The zero-order chi connectivity index (χ0) is 22.6. The second kappa shape index (κ2) is 9.42. The van der Waals surface area contributed by atoms with Crippen LogP contribution in [0.1, 0.15) is 50.4 Å². The molecule has 0 unspecified atom stereocenters. The second-order valence-electron chi connectivity index (χ2n) is 8.88. The maximum atomic E-state index is 13.6. The van der Waals surface area contributed by atoms with E-state index in [0.29, 0.717) is 18.7 Å². The van der Waals surface area contributed by atoms with Crippen LogP contribution in [-0.2, 0) is 11.2 Å². The average Bonchev–Trinajstić information content (AvgIpc) is 2.77. The standard InChI is InChI=1S/C25H27FN4O2/c1-25(2)14-20(29-23(31)8-5-13-32-22-7-4-3-6-19(22)26)18-16-28-24(30-21(18)15-25)17-9-11-27-12-10-17/h3-4,6-7,9-12,16,20H,5,8,13-15H2,1-2H3,(H,29,31)/t20-/m0/s1. The molecule has 0 saturated heterocycles. The van der Waals surface area contributed by atoms with Gasteiger partial charge in [-0.05, 0) is 48.9 Å². The van der Waals surface area contributed by atoms with Crippen molar-refractivity contribution >= 4 is 5.91 Å². The van der Waals surface area contributed by atoms with Gasteiger partial charge in [0, 0.05) is 36.1 Å². The summed E-state index contributed by atoms with van der Waals surface area (Å²) in [6, 6.07) is 9.90. The Morgan fingerprint density at radius 2 is 2.00 bits per heavy atom. The van der Waals surface area contributed by atoms with Crippen molar-refractivity contribution in [3.05, 3.63) is 72.1 Å². The number of amides is 1. The van der Waals surface area contributed by atoms with Gasteiger partial charge in [0.15, 0.2) is 17.4 Å². The number of halogens is 1. The molecule has 3 aromatic rings. The lowest BCUT2D eigenvalue weighted by Gasteiger charge is -2.36. The second-order valence-corrected chi connectivity index (χ2v) is 8.88. The fourth-order valence-corrected chi connectivity index (χ4v) is 4.06. The van der Waals surface area contributed by atoms with E-state index in [4.69, 9.17) is 9.72 Å². The molecule has 0 fully saturated rings. The van der Waals surface area contributed by atoms with Crippen LogP contribution in [0.5, 0.6) is 5.75 Å². The first kappa shape index (κ1) is 21.9. The molecule has 1 N–H and O–H groups in total. The Morgan fingerprint density at radius 1 is 1.22 bits per heavy atom. The van der Waals surface area contributed by atoms with Crippen molar-refractivity contribution in [3.8, 4) is 17.1 Å². The van der Waals surface area contributed by atoms with E-state index in [1.807, 2.05) is 18.3 Å². The number of pyridine rings is 1. The van der Waals surface area contributed by atoms with Gasteiger partial charge in [-0.2, -0.15) is 0 Å². The molecule has 4 rings (SSSR count). The number of carbonyl (C=O) groups is 1. The van der Waals surface area contributed by atoms with Gasteiger partial charge in [-0.3, -0.25) is 9.78 Å². The zero-order valence-electron chi connectivity index (χ0n) is 18.3. The lowest BCUT2D eigenvalue weighted by atomic mass is 9.74. The Hall–Kier alpha value is -3.35. The fraction of sp³-hybridized carbons (Fsp3) is 0.360. The lowest BCUT2D eigenvalue weighted by molar-refractivity contribution is -0.122. The van der Waals surface area contributed by atoms with Gasteiger partial charge in [0.1, 0.15) is 0 Å². The number of ether oxygens (including phenoxy) is 1. The van der Waals surface area contributed by atoms with Gasteiger partial charge in [0.05, 0.1) is 18.3 Å². The highest BCUT2D eigenvalue weighted by Gasteiger charge is 2.34. The number of aromatic nitrogens is 3. The SMILES string of the molecule is CC1(C)Cc2nc(-c3ccncc3)ncc2[C@@H](NC(=O)CCCOc2ccccc2F)C1. The highest BCUT2D eigenvalue weighted by molar-refractivity contribution is 5.76. The van der Waals surface area contributed by atoms with Crippen LogP contribution in [0.15, 0.2) is 55.0 Å². The van der Waals surface area contributed by atoms with Gasteiger partial charge >= 0.3 is 0 Å². The summed E-state index contributed by atoms with van der Waals surface area (Å²) in [5.41, 5.74) is 2.86. The number of rotatable bonds is 7. The Bertz CT molecular complexity index is 1090. The van der Waals surface area contributed by atoms with Crippen molar-refractivity contribution in [2.45, 2.75) is 45.6 Å². The van der Waals surface area contributed by atoms with E-state index in [1.165, 1.54) is 6.07 Å². The first-order chi connectivity index (χ1) is 15.4. The number of hydrogen-bond donors (Lipinski definition) is 1. The van der Waals surface area contributed by atoms with E-state index < -0.39 is 5.82 Å². The molecular weight excluding hydrogens is 407 g/mol. The summed E-state index contributed by atoms with van der Waals surface area (Å²) in [6.45, 7) is 4.65. The maximum Gasteiger partial charge on any atom is 0.220 e. The smallest absolute Gasteiger partial charge is 0.220 e. The molecular formula is C25H27FN4O2. The van der Waals surface area contributed by atoms with Crippen LogP contribution in [0.4, 0.5) is 4.39 Å². The summed E-state index contributed by atoms with van der Waals surface area (Å²) < 4.78 is 19.1. The number of fused-ring (bicyclic) bond motifs is 1. The predicted octanol–water partition coefficient (Wildman–Crippen LogP) is 4.67. The highest BCUT2D eigenvalue weighted by Crippen LogP contribution is 2.40. The molecule has 1 atom stereocenters. The molecule has 0 radical (unpaired) electrons. The third-order valence-electron chi connectivity index (χ3n) is 5.59. The molecule has 0 spiro atoms. The lowest BCUT2D eigenvalue weighted by Crippen LogP contribution is -2.37. The van der Waals surface area contributed by atoms with Crippen LogP contribution in [0.3, 0.4) is 0 Å². The predicted molar refractivity (Wildman–Crippen MR) is 119 cm³/mol. The minimum atomic E-state index is -0.399. The van der Waals surface area contributed by atoms with Crippen molar-refractivity contribution in [1.82, 2.24) is 20.3 Å². The summed E-state index contributed by atoms with van der Waals surface area (Å²) in [7, 11) is 0. The Morgan fingerprint density at radius 3 is 2.78 bits per heavy atom. The summed E-state index contributed by atoms with van der Waals surface area (Å²) in [6.07, 6.45) is 7.72. The van der Waals surface area contributed by atoms with Gasteiger partial charge in [0.25, 0.3) is 0 Å². The van der Waals surface area contributed by atoms with Gasteiger partial charge in [-0.1, -0.05) is 26.0 Å². The third kappa shape index (κ3) is 5.28. The summed E-state index contributed by atoms with van der Waals surface area (Å²) in [5, 5.41) is 3.14. The van der Waals surface area contributed by atoms with E-state index in [0.717, 1.165) is 29.7 Å². The third-order valence-corrected chi connectivity index (χ3v) is 5.59. The van der Waals surface area contributed by atoms with E-state index in [2.05, 4.69) is 29.1 Å². The van der Waals surface area contributed by atoms with Gasteiger partial charge in [-0.25, -0.2) is 14.4 Å². The Labute approximate surface area is 187 Å². The molecule has 2 aromatic heterocycles. The fourth-order valence-electron chi connectivity index (χ4n) is 4.06. The average molecular weight is 435 g/mol. The van der Waals surface area contributed by atoms with Crippen LogP contribution >= 0.6 is 0 Å². The van der Waals surface area contributed by atoms with Crippen LogP contribution < -0.4 is 10.1 Å². The van der Waals surface area contributed by atoms with Gasteiger partial charge in [0.2, 0.25) is 5.91 Å². The summed E-state index contributed by atoms with van der Waals surface area (Å²) in [5.74, 6) is 0.412. The minimum absolute atomic E-state index is 0.00274.